The van der Waals surface area contributed by atoms with E-state index in [1.807, 2.05) is 39.2 Å². The Morgan fingerprint density at radius 3 is 2.29 bits per heavy atom. The minimum atomic E-state index is -1.31. The van der Waals surface area contributed by atoms with Gasteiger partial charge in [0, 0.05) is 30.1 Å². The van der Waals surface area contributed by atoms with Crippen molar-refractivity contribution in [2.24, 2.45) is 23.7 Å². The van der Waals surface area contributed by atoms with Crippen LogP contribution in [-0.4, -0.2) is 61.9 Å². The molecule has 1 aromatic rings. The van der Waals surface area contributed by atoms with E-state index in [1.165, 1.54) is 0 Å². The third kappa shape index (κ3) is 8.21. The number of rotatable bonds is 2. The van der Waals surface area contributed by atoms with Crippen molar-refractivity contribution >= 4 is 23.2 Å². The fraction of sp³-hybridized carbons (Fsp3) is 0.769. The molecule has 0 aliphatic carbocycles. The Morgan fingerprint density at radius 1 is 1.03 bits per heavy atom. The van der Waals surface area contributed by atoms with Gasteiger partial charge in [-0.25, -0.2) is 4.98 Å². The number of aryl methyl sites for hydroxylation is 1. The van der Waals surface area contributed by atoms with E-state index in [1.54, 1.807) is 25.2 Å². The Balaban J connectivity index is 2.27. The number of hydrogen-bond acceptors (Lipinski definition) is 8. The summed E-state index contributed by atoms with van der Waals surface area (Å²) in [7, 11) is 0. The number of aliphatic hydroxyl groups is 4. The average Bonchev–Trinajstić information content (AvgIpc) is 3.19. The lowest BCUT2D eigenvalue weighted by atomic mass is 9.81. The summed E-state index contributed by atoms with van der Waals surface area (Å²) < 4.78 is 5.91. The Labute approximate surface area is 207 Å². The highest BCUT2D eigenvalue weighted by Gasteiger charge is 2.34. The van der Waals surface area contributed by atoms with Crippen molar-refractivity contribution in [1.29, 1.82) is 0 Å². The molecule has 9 atom stereocenters. The second-order valence-corrected chi connectivity index (χ2v) is 11.3. The highest BCUT2D eigenvalue weighted by molar-refractivity contribution is 7.09. The third-order valence-electron chi connectivity index (χ3n) is 7.29. The van der Waals surface area contributed by atoms with Crippen LogP contribution in [0.4, 0.5) is 0 Å². The van der Waals surface area contributed by atoms with Crippen molar-refractivity contribution in [2.75, 3.05) is 0 Å². The highest BCUT2D eigenvalue weighted by Crippen LogP contribution is 2.28. The fourth-order valence-corrected chi connectivity index (χ4v) is 5.19. The molecule has 7 unspecified atom stereocenters. The van der Waals surface area contributed by atoms with Gasteiger partial charge in [-0.15, -0.1) is 11.3 Å². The quantitative estimate of drug-likeness (QED) is 0.491. The maximum absolute atomic E-state index is 12.9. The topological polar surface area (TPSA) is 120 Å². The summed E-state index contributed by atoms with van der Waals surface area (Å²) in [6.45, 7) is 11.1. The van der Waals surface area contributed by atoms with Crippen LogP contribution in [0.25, 0.3) is 6.08 Å². The second kappa shape index (κ2) is 13.2. The molecule has 0 radical (unpaired) electrons. The molecule has 8 heteroatoms. The summed E-state index contributed by atoms with van der Waals surface area (Å²) in [5.41, 5.74) is 1.62. The van der Waals surface area contributed by atoms with Gasteiger partial charge in [0.15, 0.2) is 6.29 Å². The second-order valence-electron chi connectivity index (χ2n) is 10.2. The number of aromatic nitrogens is 1. The smallest absolute Gasteiger partial charge is 0.157 e. The molecule has 2 heterocycles. The first-order chi connectivity index (χ1) is 15.9. The summed E-state index contributed by atoms with van der Waals surface area (Å²) in [6.07, 6.45) is -0.0633. The van der Waals surface area contributed by atoms with Gasteiger partial charge in [0.05, 0.1) is 35.1 Å². The van der Waals surface area contributed by atoms with Crippen molar-refractivity contribution in [2.45, 2.75) is 104 Å². The number of hydrogen-bond donors (Lipinski definition) is 4. The van der Waals surface area contributed by atoms with Crippen LogP contribution in [-0.2, 0) is 9.53 Å². The third-order valence-corrected chi connectivity index (χ3v) is 8.08. The predicted molar refractivity (Wildman–Crippen MR) is 134 cm³/mol. The zero-order chi connectivity index (χ0) is 25.6. The van der Waals surface area contributed by atoms with E-state index in [4.69, 9.17) is 4.74 Å². The molecule has 0 saturated carbocycles. The van der Waals surface area contributed by atoms with Gasteiger partial charge in [0.25, 0.3) is 0 Å². The zero-order valence-electron chi connectivity index (χ0n) is 21.3. The summed E-state index contributed by atoms with van der Waals surface area (Å²) in [5.74, 6) is -1.66. The van der Waals surface area contributed by atoms with Gasteiger partial charge in [-0.3, -0.25) is 4.79 Å². The van der Waals surface area contributed by atoms with Gasteiger partial charge in [0.2, 0.25) is 0 Å². The van der Waals surface area contributed by atoms with Gasteiger partial charge in [-0.2, -0.15) is 0 Å². The minimum Gasteiger partial charge on any atom is -0.393 e. The molecule has 1 aromatic heterocycles. The maximum atomic E-state index is 12.9. The molecule has 1 saturated heterocycles. The molecule has 0 spiro atoms. The van der Waals surface area contributed by atoms with Crippen molar-refractivity contribution in [3.63, 3.8) is 0 Å². The summed E-state index contributed by atoms with van der Waals surface area (Å²) in [5, 5.41) is 45.7. The van der Waals surface area contributed by atoms with Crippen LogP contribution < -0.4 is 0 Å². The summed E-state index contributed by atoms with van der Waals surface area (Å²) >= 11 is 1.54. The molecule has 4 N–H and O–H groups in total. The summed E-state index contributed by atoms with van der Waals surface area (Å²) in [6, 6.07) is 0. The predicted octanol–water partition coefficient (Wildman–Crippen LogP) is 3.72. The van der Waals surface area contributed by atoms with Crippen LogP contribution >= 0.6 is 11.3 Å². The lowest BCUT2D eigenvalue weighted by Crippen LogP contribution is -2.40. The molecule has 2 rings (SSSR count). The number of ether oxygens (including phenoxy) is 1. The van der Waals surface area contributed by atoms with Crippen LogP contribution in [0.3, 0.4) is 0 Å². The van der Waals surface area contributed by atoms with E-state index in [0.29, 0.717) is 6.42 Å². The van der Waals surface area contributed by atoms with E-state index >= 15 is 0 Å². The first-order valence-electron chi connectivity index (χ1n) is 12.4. The van der Waals surface area contributed by atoms with Gasteiger partial charge in [0.1, 0.15) is 5.78 Å². The molecular weight excluding hydrogens is 454 g/mol. The normalized spacial score (nSPS) is 38.1. The molecule has 34 heavy (non-hydrogen) atoms. The van der Waals surface area contributed by atoms with Crippen LogP contribution in [0.2, 0.25) is 0 Å². The Hall–Kier alpha value is -1.16. The lowest BCUT2D eigenvalue weighted by Gasteiger charge is -2.31. The van der Waals surface area contributed by atoms with Crippen LogP contribution in [0.15, 0.2) is 11.0 Å². The van der Waals surface area contributed by atoms with E-state index < -0.39 is 42.5 Å². The van der Waals surface area contributed by atoms with Crippen molar-refractivity contribution in [1.82, 2.24) is 4.98 Å². The SMILES string of the molecule is C/C(=C\c1csc(C)n1)C1CC(O)[C@@H](C)CCCC(C)C(O)C(C)C(=O)[C@H](C)C(O)CC(O)O1. The standard InChI is InChI=1S/C26H43NO6S/c1-14-8-7-9-15(2)25(31)18(5)26(32)17(4)22(29)12-24(30)33-23(11-21(14)28)16(3)10-20-13-34-19(6)27-20/h10,13-15,17-18,21-25,28-31H,7-9,11-12H2,1-6H3/b16-10+/t14-,15?,17+,18?,21?,22?,23?,24?,25?/m0/s1. The number of aliphatic hydroxyl groups excluding tert-OH is 4. The van der Waals surface area contributed by atoms with E-state index in [0.717, 1.165) is 35.5 Å². The molecule has 0 aromatic carbocycles. The summed E-state index contributed by atoms with van der Waals surface area (Å²) in [4.78, 5) is 17.4. The van der Waals surface area contributed by atoms with Crippen molar-refractivity contribution in [3.05, 3.63) is 21.7 Å². The molecule has 0 bridgehead atoms. The number of thiazole rings is 1. The molecule has 1 aliphatic rings. The van der Waals surface area contributed by atoms with Gasteiger partial charge in [-0.1, -0.05) is 34.1 Å². The Bertz CT molecular complexity index is 811. The van der Waals surface area contributed by atoms with Crippen LogP contribution in [0.5, 0.6) is 0 Å². The molecule has 1 aliphatic heterocycles. The lowest BCUT2D eigenvalue weighted by molar-refractivity contribution is -0.157. The molecule has 1 fully saturated rings. The fourth-order valence-electron chi connectivity index (χ4n) is 4.62. The number of carbonyl (C=O) groups excluding carboxylic acids is 1. The Morgan fingerprint density at radius 2 is 1.68 bits per heavy atom. The maximum Gasteiger partial charge on any atom is 0.157 e. The number of carbonyl (C=O) groups is 1. The van der Waals surface area contributed by atoms with Gasteiger partial charge in [-0.05, 0) is 50.2 Å². The molecule has 194 valence electrons. The number of nitrogens with zero attached hydrogens (tertiary/aromatic N) is 1. The van der Waals surface area contributed by atoms with Crippen molar-refractivity contribution < 1.29 is 30.0 Å². The molecular formula is C26H43NO6S. The largest absolute Gasteiger partial charge is 0.393 e. The number of Topliss-reactive ketones (excluding diaryl/α,β-unsaturated/α-hetero) is 1. The highest BCUT2D eigenvalue weighted by atomic mass is 32.1. The number of ketones is 1. The molecule has 7 nitrogen and oxygen atoms in total. The zero-order valence-corrected chi connectivity index (χ0v) is 22.2. The van der Waals surface area contributed by atoms with E-state index in [-0.39, 0.29) is 24.0 Å². The van der Waals surface area contributed by atoms with Gasteiger partial charge >= 0.3 is 0 Å². The van der Waals surface area contributed by atoms with E-state index in [2.05, 4.69) is 4.98 Å². The van der Waals surface area contributed by atoms with Gasteiger partial charge < -0.3 is 25.2 Å². The Kier molecular flexibility index (Phi) is 11.3. The first-order valence-corrected chi connectivity index (χ1v) is 13.3. The first kappa shape index (κ1) is 29.1. The molecule has 0 amide bonds. The minimum absolute atomic E-state index is 0.000485. The monoisotopic (exact) mass is 497 g/mol. The van der Waals surface area contributed by atoms with E-state index in [9.17, 15) is 25.2 Å². The van der Waals surface area contributed by atoms with Crippen LogP contribution in [0.1, 0.15) is 77.4 Å². The van der Waals surface area contributed by atoms with Crippen molar-refractivity contribution in [3.8, 4) is 0 Å². The van der Waals surface area contributed by atoms with Crippen LogP contribution in [0, 0.1) is 30.6 Å². The average molecular weight is 498 g/mol.